The molecule has 1 aromatic carbocycles. The molecule has 1 spiro atoms. The molecule has 7 nitrogen and oxygen atoms in total. The fourth-order valence-electron chi connectivity index (χ4n) is 4.55. The SMILES string of the molecule is Cc1cncc(C(=O)N[C@H]2CCC[C@]3(CCN(c4cccc(C#N)c4)C3=O)C2)n1. The molecule has 2 heterocycles. The molecule has 0 unspecified atom stereocenters. The van der Waals surface area contributed by atoms with E-state index in [1.807, 2.05) is 6.07 Å². The molecule has 2 fully saturated rings. The smallest absolute Gasteiger partial charge is 0.271 e. The minimum absolute atomic E-state index is 0.0621. The number of rotatable bonds is 3. The molecule has 4 rings (SSSR count). The lowest BCUT2D eigenvalue weighted by Gasteiger charge is -2.36. The molecule has 2 atom stereocenters. The van der Waals surface area contributed by atoms with E-state index in [0.717, 1.165) is 31.4 Å². The van der Waals surface area contributed by atoms with Crippen LogP contribution in [0, 0.1) is 23.7 Å². The van der Waals surface area contributed by atoms with Crippen LogP contribution in [-0.2, 0) is 4.79 Å². The number of carbonyl (C=O) groups is 2. The van der Waals surface area contributed by atoms with Crippen molar-refractivity contribution in [2.75, 3.05) is 11.4 Å². The number of anilines is 1. The van der Waals surface area contributed by atoms with Gasteiger partial charge in [-0.2, -0.15) is 5.26 Å². The monoisotopic (exact) mass is 389 g/mol. The van der Waals surface area contributed by atoms with Crippen molar-refractivity contribution in [2.45, 2.75) is 45.1 Å². The van der Waals surface area contributed by atoms with E-state index in [1.165, 1.54) is 6.20 Å². The maximum Gasteiger partial charge on any atom is 0.271 e. The summed E-state index contributed by atoms with van der Waals surface area (Å²) in [6, 6.07) is 9.24. The summed E-state index contributed by atoms with van der Waals surface area (Å²) >= 11 is 0. The van der Waals surface area contributed by atoms with Gasteiger partial charge in [-0.3, -0.25) is 14.6 Å². The summed E-state index contributed by atoms with van der Waals surface area (Å²) < 4.78 is 0. The minimum atomic E-state index is -0.447. The van der Waals surface area contributed by atoms with Crippen LogP contribution in [0.15, 0.2) is 36.7 Å². The van der Waals surface area contributed by atoms with Crippen LogP contribution in [0.25, 0.3) is 0 Å². The zero-order valence-electron chi connectivity index (χ0n) is 16.4. The van der Waals surface area contributed by atoms with Crippen LogP contribution < -0.4 is 10.2 Å². The highest BCUT2D eigenvalue weighted by Crippen LogP contribution is 2.46. The molecule has 1 aliphatic carbocycles. The number of nitriles is 1. The third kappa shape index (κ3) is 3.70. The lowest BCUT2D eigenvalue weighted by atomic mass is 9.71. The first kappa shape index (κ1) is 19.1. The molecule has 0 bridgehead atoms. The van der Waals surface area contributed by atoms with E-state index >= 15 is 0 Å². The molecule has 2 aliphatic rings. The number of carbonyl (C=O) groups excluding carboxylic acids is 2. The third-order valence-electron chi connectivity index (χ3n) is 5.97. The number of aromatic nitrogens is 2. The van der Waals surface area contributed by atoms with Crippen LogP contribution in [0.2, 0.25) is 0 Å². The van der Waals surface area contributed by atoms with Gasteiger partial charge in [0.1, 0.15) is 5.69 Å². The molecule has 148 valence electrons. The van der Waals surface area contributed by atoms with Gasteiger partial charge in [-0.15, -0.1) is 0 Å². The molecule has 2 amide bonds. The van der Waals surface area contributed by atoms with Crippen molar-refractivity contribution >= 4 is 17.5 Å². The highest BCUT2D eigenvalue weighted by Gasteiger charge is 2.49. The van der Waals surface area contributed by atoms with Crippen LogP contribution in [0.1, 0.15) is 53.8 Å². The Labute approximate surface area is 169 Å². The van der Waals surface area contributed by atoms with Crippen LogP contribution in [0.4, 0.5) is 5.69 Å². The number of amides is 2. The van der Waals surface area contributed by atoms with Gasteiger partial charge in [-0.05, 0) is 50.8 Å². The topological polar surface area (TPSA) is 99.0 Å². The Morgan fingerprint density at radius 2 is 2.21 bits per heavy atom. The number of nitrogens with zero attached hydrogens (tertiary/aromatic N) is 4. The lowest BCUT2D eigenvalue weighted by molar-refractivity contribution is -0.127. The normalized spacial score (nSPS) is 23.8. The second kappa shape index (κ2) is 7.63. The van der Waals surface area contributed by atoms with Gasteiger partial charge in [0.2, 0.25) is 5.91 Å². The quantitative estimate of drug-likeness (QED) is 0.870. The Balaban J connectivity index is 1.48. The summed E-state index contributed by atoms with van der Waals surface area (Å²) in [4.78, 5) is 36.0. The van der Waals surface area contributed by atoms with E-state index in [-0.39, 0.29) is 17.9 Å². The number of hydrogen-bond acceptors (Lipinski definition) is 5. The average molecular weight is 389 g/mol. The second-order valence-corrected chi connectivity index (χ2v) is 7.96. The zero-order chi connectivity index (χ0) is 20.4. The van der Waals surface area contributed by atoms with Gasteiger partial charge >= 0.3 is 0 Å². The van der Waals surface area contributed by atoms with Crippen molar-refractivity contribution in [1.29, 1.82) is 5.26 Å². The Bertz CT molecular complexity index is 999. The predicted molar refractivity (Wildman–Crippen MR) is 107 cm³/mol. The van der Waals surface area contributed by atoms with E-state index in [1.54, 1.807) is 36.2 Å². The minimum Gasteiger partial charge on any atom is -0.348 e. The average Bonchev–Trinajstić information content (AvgIpc) is 3.03. The van der Waals surface area contributed by atoms with Crippen LogP contribution in [0.3, 0.4) is 0 Å². The number of nitrogens with one attached hydrogen (secondary N) is 1. The first-order valence-electron chi connectivity index (χ1n) is 9.92. The number of aryl methyl sites for hydroxylation is 1. The van der Waals surface area contributed by atoms with Gasteiger partial charge in [-0.1, -0.05) is 12.5 Å². The number of benzene rings is 1. The molecular weight excluding hydrogens is 366 g/mol. The molecule has 1 saturated heterocycles. The molecule has 2 aromatic rings. The predicted octanol–water partition coefficient (Wildman–Crippen LogP) is 2.75. The Hall–Kier alpha value is -3.27. The van der Waals surface area contributed by atoms with Gasteiger partial charge in [0.05, 0.1) is 28.9 Å². The first-order chi connectivity index (χ1) is 14.0. The maximum atomic E-state index is 13.3. The zero-order valence-corrected chi connectivity index (χ0v) is 16.4. The summed E-state index contributed by atoms with van der Waals surface area (Å²) in [5.74, 6) is -0.144. The van der Waals surface area contributed by atoms with Crippen molar-refractivity contribution in [3.63, 3.8) is 0 Å². The van der Waals surface area contributed by atoms with Crippen molar-refractivity contribution in [2.24, 2.45) is 5.41 Å². The first-order valence-corrected chi connectivity index (χ1v) is 9.92. The van der Waals surface area contributed by atoms with Gasteiger partial charge in [-0.25, -0.2) is 4.98 Å². The van der Waals surface area contributed by atoms with Gasteiger partial charge in [0.15, 0.2) is 0 Å². The van der Waals surface area contributed by atoms with Crippen molar-refractivity contribution in [3.8, 4) is 6.07 Å². The largest absolute Gasteiger partial charge is 0.348 e. The molecule has 0 radical (unpaired) electrons. The lowest BCUT2D eigenvalue weighted by Crippen LogP contribution is -2.46. The van der Waals surface area contributed by atoms with E-state index in [9.17, 15) is 9.59 Å². The van der Waals surface area contributed by atoms with Gasteiger partial charge in [0.25, 0.3) is 5.91 Å². The fraction of sp³-hybridized carbons (Fsp3) is 0.409. The van der Waals surface area contributed by atoms with Crippen molar-refractivity contribution in [3.05, 3.63) is 53.6 Å². The van der Waals surface area contributed by atoms with Crippen LogP contribution in [-0.4, -0.2) is 34.4 Å². The van der Waals surface area contributed by atoms with E-state index < -0.39 is 5.41 Å². The Kier molecular flexibility index (Phi) is 5.01. The summed E-state index contributed by atoms with van der Waals surface area (Å²) in [6.07, 6.45) is 7.04. The summed E-state index contributed by atoms with van der Waals surface area (Å²) in [6.45, 7) is 2.43. The Morgan fingerprint density at radius 3 is 3.00 bits per heavy atom. The molecular formula is C22H23N5O2. The second-order valence-electron chi connectivity index (χ2n) is 7.96. The molecule has 1 N–H and O–H groups in total. The third-order valence-corrected chi connectivity index (χ3v) is 5.97. The van der Waals surface area contributed by atoms with Gasteiger partial charge < -0.3 is 10.2 Å². The highest BCUT2D eigenvalue weighted by atomic mass is 16.2. The van der Waals surface area contributed by atoms with Crippen molar-refractivity contribution in [1.82, 2.24) is 15.3 Å². The Morgan fingerprint density at radius 1 is 1.34 bits per heavy atom. The summed E-state index contributed by atoms with van der Waals surface area (Å²) in [5, 5.41) is 12.2. The summed E-state index contributed by atoms with van der Waals surface area (Å²) in [7, 11) is 0. The molecule has 1 aliphatic heterocycles. The fourth-order valence-corrected chi connectivity index (χ4v) is 4.55. The van der Waals surface area contributed by atoms with Crippen LogP contribution >= 0.6 is 0 Å². The maximum absolute atomic E-state index is 13.3. The number of hydrogen-bond donors (Lipinski definition) is 1. The van der Waals surface area contributed by atoms with E-state index in [0.29, 0.717) is 29.9 Å². The van der Waals surface area contributed by atoms with E-state index in [2.05, 4.69) is 21.4 Å². The molecule has 1 aromatic heterocycles. The molecule has 1 saturated carbocycles. The summed E-state index contributed by atoms with van der Waals surface area (Å²) in [5.41, 5.74) is 1.87. The highest BCUT2D eigenvalue weighted by molar-refractivity contribution is 6.00. The molecule has 7 heteroatoms. The van der Waals surface area contributed by atoms with Gasteiger partial charge in [0, 0.05) is 24.5 Å². The van der Waals surface area contributed by atoms with E-state index in [4.69, 9.17) is 5.26 Å². The standard InChI is InChI=1S/C22H23N5O2/c1-15-13-24-14-19(25-15)20(28)26-17-5-3-7-22(11-17)8-9-27(21(22)29)18-6-2-4-16(10-18)12-23/h2,4,6,10,13-14,17H,3,5,7-9,11H2,1H3,(H,26,28)/t17-,22-/m0/s1. The van der Waals surface area contributed by atoms with Crippen LogP contribution in [0.5, 0.6) is 0 Å². The molecule has 29 heavy (non-hydrogen) atoms. The van der Waals surface area contributed by atoms with Crippen molar-refractivity contribution < 1.29 is 9.59 Å².